The summed E-state index contributed by atoms with van der Waals surface area (Å²) in [5.41, 5.74) is 8.40. The highest BCUT2D eigenvalue weighted by Gasteiger charge is 2.78. The maximum atomic E-state index is 15.6. The quantitative estimate of drug-likeness (QED) is 0.00427. The summed E-state index contributed by atoms with van der Waals surface area (Å²) < 4.78 is 46.7. The first-order chi connectivity index (χ1) is 63.4. The van der Waals surface area contributed by atoms with Crippen LogP contribution < -0.4 is 31.6 Å². The molecule has 1 spiro atoms. The Balaban J connectivity index is 0.000000287. The number of carbonyl (C=O) groups excluding carboxylic acids is 4. The second-order valence-electron chi connectivity index (χ2n) is 37.6. The van der Waals surface area contributed by atoms with Gasteiger partial charge in [-0.3, -0.25) is 38.8 Å². The van der Waals surface area contributed by atoms with E-state index in [-0.39, 0.29) is 91.9 Å². The number of hydrogen-bond acceptors (Lipinski definition) is 30. The molecule has 3 aromatic carbocycles. The third-order valence-electron chi connectivity index (χ3n) is 27.3. The highest BCUT2D eigenvalue weighted by Crippen LogP contribution is 2.68. The standard InChI is InChI=1S/C65H93N9O9SSi2.C30H41N7O9.H2S/c1-11-61(78)33-44-34-64(59(77)81-6,55-48(22-26-72(37-44)41-61)47-19-14-15-20-51(47)68-55)50-31-49-52(32-53(50)80-5)71(4)57-63(49)24-27-73-25-18-23-62(12-2,56(63)73)58(76)65(57,79)54(75)21-16-17-30-85(7,8)43-86(9,10)42-84-60-66-35-45(36-67-60)38-74-39-46(69-70-74)40-83-29-28-82-13-3;1-2-43-12-13-45-16-17-46-15-14-44-11-3-4-23(38)9-10-24(29(41)42)35-27(39)20-5-7-21(8-6-20)32-18-22-19-33-26-25(34-22)28(40)37-30(31)36-26;/h14-15,18-20,23,31-32,35-36,39,44,56-58,68,76,78-79H,11-13,16-17,21-22,24-30,33-34,37-38,40-43H2,1-10H3;5-8,19,24,32H,2-4,9-18H2,1H3,(H,35,39)(H,41,42)(H3,31,33,36,37,40);1H2/t44-,56-,57+,58+,61-,62+,63+,64-,65-;24-;/m00./s1. The number of rotatable bonds is 47. The minimum Gasteiger partial charge on any atom is -0.496 e. The summed E-state index contributed by atoms with van der Waals surface area (Å²) in [6.07, 6.45) is 15.5. The van der Waals surface area contributed by atoms with Gasteiger partial charge in [-0.05, 0) is 137 Å². The number of aromatic amines is 2. The van der Waals surface area contributed by atoms with Gasteiger partial charge in [-0.15, -0.1) is 5.10 Å². The van der Waals surface area contributed by atoms with Gasteiger partial charge in [0.25, 0.3) is 11.5 Å². The van der Waals surface area contributed by atoms with Gasteiger partial charge in [0.1, 0.15) is 34.8 Å². The molecule has 0 radical (unpaired) electrons. The van der Waals surface area contributed by atoms with E-state index in [1.165, 1.54) is 31.1 Å². The number of nitrogens with zero attached hydrogens (tertiary/aromatic N) is 11. The van der Waals surface area contributed by atoms with E-state index in [2.05, 4.69) is 124 Å². The molecule has 11 atom stereocenters. The van der Waals surface area contributed by atoms with Crippen molar-refractivity contribution < 1.29 is 82.3 Å². The fourth-order valence-corrected chi connectivity index (χ4v) is 37.5. The zero-order valence-corrected chi connectivity index (χ0v) is 82.6. The number of benzene rings is 3. The van der Waals surface area contributed by atoms with Gasteiger partial charge in [0.15, 0.2) is 27.7 Å². The lowest BCUT2D eigenvalue weighted by molar-refractivity contribution is -0.202. The maximum Gasteiger partial charge on any atom is 0.326 e. The molecule has 14 rings (SSSR count). The Morgan fingerprint density at radius 3 is 2.17 bits per heavy atom. The molecule has 5 aliphatic heterocycles. The van der Waals surface area contributed by atoms with Crippen LogP contribution in [-0.4, -0.2) is 293 Å². The first kappa shape index (κ1) is 103. The van der Waals surface area contributed by atoms with E-state index in [0.717, 1.165) is 74.2 Å². The number of nitrogens with two attached hydrogens (primary N) is 1. The molecule has 2 bridgehead atoms. The summed E-state index contributed by atoms with van der Waals surface area (Å²) in [6.45, 7) is 28.0. The van der Waals surface area contributed by atoms with E-state index >= 15 is 9.59 Å². The third kappa shape index (κ3) is 23.5. The van der Waals surface area contributed by atoms with Crippen LogP contribution >= 0.6 is 25.3 Å². The van der Waals surface area contributed by atoms with Crippen LogP contribution in [-0.2, 0) is 89.3 Å². The van der Waals surface area contributed by atoms with E-state index in [1.807, 2.05) is 64.6 Å². The average molecular weight is 1910 g/mol. The zero-order chi connectivity index (χ0) is 94.2. The number of likely N-dealkylation sites (N-methyl/N-ethyl adjacent to an activating group) is 1. The van der Waals surface area contributed by atoms with E-state index in [4.69, 9.17) is 53.6 Å². The number of nitrogens with one attached hydrogen (secondary N) is 4. The number of esters is 1. The number of ether oxygens (including phenoxy) is 8. The number of para-hydroxylation sites is 1. The van der Waals surface area contributed by atoms with Gasteiger partial charge in [0, 0.05) is 160 Å². The number of fused-ring (bicyclic) bond motifs is 7. The number of Topliss-reactive ketones (excluding diaryl/α,β-unsaturated/α-hetero) is 2. The SMILES string of the molecule is CCOCCOCCOCCOCCCC(=O)CC[C@H](NC(=O)c1ccc(NCc2cnc3nc(N)[nH]c(=O)c3n2)cc1)C(=O)O.CCOCCOCc1cn(Cc2cnc(SC[Si](C)(C)C[Si](C)(C)CCCCC(=O)[C@@]3(O)[C@H](O)[C@]4(CC)C=CCN5CC[C@@]6(c7cc([C@@]8(C(=O)OC)C[C@H]9CN(CCc%10c8[nH]c8ccccc%108)C[C@](O)(CC)C9)c(OC)cc7N(C)[C@@H]36)[C@@H]54)nc2)nn1.S. The molecule has 10 N–H and O–H groups in total. The molecule has 34 nitrogen and oxygen atoms in total. The fourth-order valence-electron chi connectivity index (χ4n) is 21.6. The number of ketones is 2. The fraction of sp³-hybridized carbons (Fsp3) is 0.589. The summed E-state index contributed by atoms with van der Waals surface area (Å²) in [4.78, 5) is 115. The van der Waals surface area contributed by atoms with Crippen molar-refractivity contribution >= 4 is 110 Å². The maximum absolute atomic E-state index is 15.6. The second kappa shape index (κ2) is 45.8. The molecular formula is C95H136N16O18S2Si2. The van der Waals surface area contributed by atoms with Gasteiger partial charge in [0.05, 0.1) is 125 Å². The molecule has 6 aliphatic rings. The molecule has 1 saturated carbocycles. The number of anilines is 3. The van der Waals surface area contributed by atoms with Gasteiger partial charge in [-0.2, -0.15) is 18.5 Å². The van der Waals surface area contributed by atoms with Crippen LogP contribution in [0.2, 0.25) is 37.9 Å². The van der Waals surface area contributed by atoms with E-state index in [0.29, 0.717) is 186 Å². The van der Waals surface area contributed by atoms with Gasteiger partial charge < -0.3 is 84.6 Å². The van der Waals surface area contributed by atoms with Crippen molar-refractivity contribution in [2.45, 2.75) is 220 Å². The third-order valence-corrected chi connectivity index (χ3v) is 40.8. The average Bonchev–Trinajstić information content (AvgIpc) is 1.48. The predicted octanol–water partition coefficient (Wildman–Crippen LogP) is 9.68. The highest BCUT2D eigenvalue weighted by atomic mass is 32.2. The van der Waals surface area contributed by atoms with Crippen molar-refractivity contribution in [1.82, 2.24) is 65.0 Å². The molecule has 10 heterocycles. The second-order valence-corrected chi connectivity index (χ2v) is 50.0. The largest absolute Gasteiger partial charge is 0.496 e. The molecule has 5 aromatic heterocycles. The number of unbranched alkanes of at least 4 members (excludes halogenated alkanes) is 1. The van der Waals surface area contributed by atoms with Gasteiger partial charge in [-0.25, -0.2) is 29.4 Å². The lowest BCUT2D eigenvalue weighted by Crippen LogP contribution is -2.80. The number of nitrogen functional groups attached to an aromatic ring is 1. The number of H-pyrrole nitrogens is 2. The van der Waals surface area contributed by atoms with Crippen LogP contribution in [0, 0.1) is 11.3 Å². The zero-order valence-electron chi connectivity index (χ0n) is 78.8. The molecule has 1 amide bonds. The number of aromatic nitrogens is 10. The number of aliphatic hydroxyl groups is 3. The van der Waals surface area contributed by atoms with Crippen molar-refractivity contribution in [2.75, 3.05) is 148 Å². The minimum absolute atomic E-state index is 0. The van der Waals surface area contributed by atoms with E-state index < -0.39 is 85.2 Å². The first-order valence-electron chi connectivity index (χ1n) is 46.6. The van der Waals surface area contributed by atoms with Crippen molar-refractivity contribution in [3.63, 3.8) is 0 Å². The lowest BCUT2D eigenvalue weighted by atomic mass is 9.47. The summed E-state index contributed by atoms with van der Waals surface area (Å²) in [7, 11) is 1.62. The highest BCUT2D eigenvalue weighted by molar-refractivity contribution is 8.00. The Kier molecular flexibility index (Phi) is 35.4. The molecule has 38 heteroatoms. The molecule has 8 aromatic rings. The van der Waals surface area contributed by atoms with Gasteiger partial charge in [0.2, 0.25) is 5.95 Å². The number of aliphatic carboxylic acids is 1. The Labute approximate surface area is 791 Å². The number of aliphatic hydroxyl groups excluding tert-OH is 1. The van der Waals surface area contributed by atoms with Crippen molar-refractivity contribution in [3.8, 4) is 5.75 Å². The number of carboxylic acids is 1. The van der Waals surface area contributed by atoms with Crippen LogP contribution in [0.3, 0.4) is 0 Å². The Morgan fingerprint density at radius 1 is 0.767 bits per heavy atom. The topological polar surface area (TPSA) is 444 Å². The Hall–Kier alpha value is -8.98. The summed E-state index contributed by atoms with van der Waals surface area (Å²) >= 11 is 1.74. The molecule has 1 aliphatic carbocycles. The lowest BCUT2D eigenvalue weighted by Gasteiger charge is -2.63. The number of thioether (sulfide) groups is 1. The van der Waals surface area contributed by atoms with E-state index in [1.54, 1.807) is 35.7 Å². The number of piperidine rings is 1. The normalized spacial score (nSPS) is 23.2. The van der Waals surface area contributed by atoms with Gasteiger partial charge in [-0.1, -0.05) is 105 Å². The van der Waals surface area contributed by atoms with Crippen LogP contribution in [0.15, 0.2) is 108 Å². The predicted molar refractivity (Wildman–Crippen MR) is 518 cm³/mol. The molecule has 3 fully saturated rings. The first-order valence-corrected chi connectivity index (χ1v) is 54.4. The number of hydrogen-bond donors (Lipinski definition) is 9. The van der Waals surface area contributed by atoms with Gasteiger partial charge >= 0.3 is 11.9 Å². The van der Waals surface area contributed by atoms with E-state index in [9.17, 15) is 39.6 Å². The van der Waals surface area contributed by atoms with Crippen LogP contribution in [0.4, 0.5) is 17.3 Å². The number of carbonyl (C=O) groups is 5. The number of methoxy groups -OCH3 is 2. The monoisotopic (exact) mass is 1910 g/mol. The van der Waals surface area contributed by atoms with Crippen LogP contribution in [0.5, 0.6) is 5.75 Å². The molecular weight excluding hydrogens is 1770 g/mol. The molecule has 133 heavy (non-hydrogen) atoms. The molecule has 1 unspecified atom stereocenters. The Morgan fingerprint density at radius 2 is 1.47 bits per heavy atom. The number of carboxylic acid groups (broad SMARTS) is 1. The molecule has 724 valence electrons. The molecule has 2 saturated heterocycles. The van der Waals surface area contributed by atoms with Crippen molar-refractivity contribution in [1.29, 1.82) is 0 Å². The smallest absolute Gasteiger partial charge is 0.326 e. The summed E-state index contributed by atoms with van der Waals surface area (Å²) in [5, 5.41) is 65.8. The summed E-state index contributed by atoms with van der Waals surface area (Å²) in [5.74, 6) is -2.29. The minimum atomic E-state index is -2.15. The Bertz CT molecular complexity index is 5390. The van der Waals surface area contributed by atoms with Crippen LogP contribution in [0.1, 0.15) is 154 Å². The van der Waals surface area contributed by atoms with Crippen molar-refractivity contribution in [2.24, 2.45) is 11.3 Å². The number of amides is 1. The van der Waals surface area contributed by atoms with Crippen LogP contribution in [0.25, 0.3) is 22.1 Å². The van der Waals surface area contributed by atoms with Crippen molar-refractivity contribution in [3.05, 3.63) is 153 Å². The summed E-state index contributed by atoms with van der Waals surface area (Å²) in [6, 6.07) is 17.6.